The molecule has 48 heavy (non-hydrogen) atoms. The predicted octanol–water partition coefficient (Wildman–Crippen LogP) is 12.9. The smallest absolute Gasteiger partial charge is 0.190 e. The molecule has 4 aromatic carbocycles. The second kappa shape index (κ2) is 15.3. The zero-order chi connectivity index (χ0) is 34.1. The van der Waals surface area contributed by atoms with E-state index in [1.807, 2.05) is 18.3 Å². The zero-order valence-electron chi connectivity index (χ0n) is 23.7. The van der Waals surface area contributed by atoms with Crippen molar-refractivity contribution in [2.75, 3.05) is 0 Å². The van der Waals surface area contributed by atoms with Crippen molar-refractivity contribution in [1.29, 1.82) is 0 Å². The maximum Gasteiger partial charge on any atom is 0.190 e. The molecule has 1 aliphatic heterocycles. The standard InChI is InChI=1S/C30H16F4N4S6.CHCl3/c31-17-1-9-21(10-2-17)35-25-26-28(42-44-43-41-27(25)37(29(35)39)23-13-5-19(33)6-14-23)38(24-15-7-20(34)8-16-24)30(40)36(26)22-11-3-18(32)4-12-22;2-1(3)4/h1-16H;1H. The number of rotatable bonds is 4. The van der Waals surface area contributed by atoms with Gasteiger partial charge in [-0.05, 0) is 163 Å². The van der Waals surface area contributed by atoms with Crippen molar-refractivity contribution in [2.24, 2.45) is 0 Å². The van der Waals surface area contributed by atoms with Crippen LogP contribution in [0.1, 0.15) is 0 Å². The molecule has 0 unspecified atom stereocenters. The molecule has 0 radical (unpaired) electrons. The molecule has 0 spiro atoms. The van der Waals surface area contributed by atoms with Crippen molar-refractivity contribution in [2.45, 2.75) is 14.3 Å². The molecule has 7 rings (SSSR count). The highest BCUT2D eigenvalue weighted by Crippen LogP contribution is 2.58. The highest BCUT2D eigenvalue weighted by Gasteiger charge is 2.33. The van der Waals surface area contributed by atoms with Gasteiger partial charge in [0.1, 0.15) is 44.7 Å². The third kappa shape index (κ3) is 7.28. The van der Waals surface area contributed by atoms with Crippen LogP contribution in [-0.2, 0) is 0 Å². The lowest BCUT2D eigenvalue weighted by atomic mass is 10.2. The van der Waals surface area contributed by atoms with Gasteiger partial charge in [0.25, 0.3) is 0 Å². The Hall–Kier alpha value is -2.27. The van der Waals surface area contributed by atoms with Gasteiger partial charge in [0.05, 0.1) is 0 Å². The lowest BCUT2D eigenvalue weighted by molar-refractivity contribution is 0.626. The molecule has 0 bridgehead atoms. The fraction of sp³-hybridized carbons (Fsp3) is 0.0323. The predicted molar refractivity (Wildman–Crippen MR) is 199 cm³/mol. The zero-order valence-corrected chi connectivity index (χ0v) is 30.9. The molecule has 4 nitrogen and oxygen atoms in total. The van der Waals surface area contributed by atoms with E-state index < -0.39 is 27.6 Å². The van der Waals surface area contributed by atoms with Gasteiger partial charge in [0, 0.05) is 22.7 Å². The summed E-state index contributed by atoms with van der Waals surface area (Å²) in [5, 5.41) is 1.43. The largest absolute Gasteiger partial charge is 0.282 e. The molecule has 3 heterocycles. The Kier molecular flexibility index (Phi) is 11.3. The first-order valence-corrected chi connectivity index (χ1v) is 20.4. The average Bonchev–Trinajstić information content (AvgIpc) is 3.48. The summed E-state index contributed by atoms with van der Waals surface area (Å²) < 4.78 is 63.6. The van der Waals surface area contributed by atoms with E-state index in [9.17, 15) is 17.6 Å². The van der Waals surface area contributed by atoms with Crippen LogP contribution in [0.2, 0.25) is 0 Å². The maximum absolute atomic E-state index is 14.1. The quantitative estimate of drug-likeness (QED) is 0.0758. The molecule has 0 saturated heterocycles. The SMILES string of the molecule is ClC(Cl)Cl.Fc1ccc(-n2c3c(n(-c4ccc(F)cc4)c2=S)-c2c(n(-c4ccc(F)cc4)c(=S)n2-c2ccc(F)cc2)SSSS3)cc1. The molecule has 0 aliphatic carbocycles. The summed E-state index contributed by atoms with van der Waals surface area (Å²) in [5.41, 5.74) is 3.73. The molecule has 0 amide bonds. The summed E-state index contributed by atoms with van der Waals surface area (Å²) >= 11 is 26.6. The van der Waals surface area contributed by atoms with Gasteiger partial charge in [-0.2, -0.15) is 0 Å². The molecule has 2 aromatic heterocycles. The average molecular weight is 820 g/mol. The van der Waals surface area contributed by atoms with Crippen molar-refractivity contribution in [3.05, 3.63) is 130 Å². The van der Waals surface area contributed by atoms with E-state index in [-0.39, 0.29) is 0 Å². The molecule has 0 N–H and O–H groups in total. The fourth-order valence-corrected chi connectivity index (χ4v) is 11.7. The van der Waals surface area contributed by atoms with Crippen LogP contribution >= 0.6 is 100 Å². The molecular formula is C31H17Cl3F4N4S6. The third-order valence-electron chi connectivity index (χ3n) is 6.84. The van der Waals surface area contributed by atoms with Gasteiger partial charge in [0.15, 0.2) is 13.8 Å². The summed E-state index contributed by atoms with van der Waals surface area (Å²) in [6.07, 6.45) is 0. The van der Waals surface area contributed by atoms with Crippen LogP contribution in [0.3, 0.4) is 0 Å². The highest BCUT2D eigenvalue weighted by molar-refractivity contribution is 9.26. The number of alkyl halides is 3. The van der Waals surface area contributed by atoms with Crippen molar-refractivity contribution < 1.29 is 17.6 Å². The molecule has 0 fully saturated rings. The molecule has 17 heteroatoms. The highest BCUT2D eigenvalue weighted by atomic mass is 35.6. The second-order valence-electron chi connectivity index (χ2n) is 9.67. The van der Waals surface area contributed by atoms with E-state index in [0.29, 0.717) is 53.7 Å². The minimum atomic E-state index is -0.750. The Morgan fingerprint density at radius 1 is 0.438 bits per heavy atom. The third-order valence-corrected chi connectivity index (χ3v) is 13.6. The van der Waals surface area contributed by atoms with Crippen LogP contribution in [0.5, 0.6) is 0 Å². The number of fused-ring (bicyclic) bond motifs is 3. The fourth-order valence-electron chi connectivity index (χ4n) is 4.92. The number of imidazole rings is 2. The van der Waals surface area contributed by atoms with Crippen LogP contribution in [-0.4, -0.2) is 22.6 Å². The molecule has 0 saturated carbocycles. The molecule has 6 aromatic rings. The molecule has 1 aliphatic rings. The van der Waals surface area contributed by atoms with Gasteiger partial charge in [-0.15, -0.1) is 0 Å². The van der Waals surface area contributed by atoms with E-state index in [1.54, 1.807) is 48.5 Å². The minimum Gasteiger partial charge on any atom is -0.282 e. The van der Waals surface area contributed by atoms with Gasteiger partial charge in [-0.3, -0.25) is 18.3 Å². The van der Waals surface area contributed by atoms with E-state index in [0.717, 1.165) is 0 Å². The number of aromatic nitrogens is 4. The number of benzene rings is 4. The normalized spacial score (nSPS) is 12.5. The molecular weight excluding hydrogens is 803 g/mol. The van der Waals surface area contributed by atoms with Crippen LogP contribution in [0.25, 0.3) is 34.1 Å². The first-order chi connectivity index (χ1) is 23.0. The van der Waals surface area contributed by atoms with Crippen molar-refractivity contribution in [1.82, 2.24) is 18.3 Å². The van der Waals surface area contributed by atoms with Crippen LogP contribution in [0, 0.1) is 32.8 Å². The number of hydrogen-bond acceptors (Lipinski definition) is 6. The van der Waals surface area contributed by atoms with Crippen LogP contribution in [0.4, 0.5) is 17.6 Å². The summed E-state index contributed by atoms with van der Waals surface area (Å²) in [7, 11) is 5.93. The van der Waals surface area contributed by atoms with Crippen molar-refractivity contribution >= 4 is 100 Å². The first kappa shape index (κ1) is 35.6. The van der Waals surface area contributed by atoms with Crippen molar-refractivity contribution in [3.63, 3.8) is 0 Å². The maximum atomic E-state index is 14.1. The summed E-state index contributed by atoms with van der Waals surface area (Å²) in [5.74, 6) is -1.59. The van der Waals surface area contributed by atoms with Crippen LogP contribution in [0.15, 0.2) is 107 Å². The molecule has 246 valence electrons. The summed E-state index contributed by atoms with van der Waals surface area (Å²) in [4.78, 5) is 0. The van der Waals surface area contributed by atoms with Gasteiger partial charge >= 0.3 is 0 Å². The Morgan fingerprint density at radius 3 is 0.917 bits per heavy atom. The van der Waals surface area contributed by atoms with Crippen LogP contribution < -0.4 is 0 Å². The lowest BCUT2D eigenvalue weighted by Gasteiger charge is -2.17. The lowest BCUT2D eigenvalue weighted by Crippen LogP contribution is -2.04. The van der Waals surface area contributed by atoms with Gasteiger partial charge < -0.3 is 0 Å². The van der Waals surface area contributed by atoms with E-state index in [1.165, 1.54) is 89.8 Å². The Balaban J connectivity index is 0.000000952. The van der Waals surface area contributed by atoms with Gasteiger partial charge in [-0.25, -0.2) is 17.6 Å². The second-order valence-corrected chi connectivity index (χ2v) is 18.0. The Labute approximate surface area is 312 Å². The van der Waals surface area contributed by atoms with Crippen molar-refractivity contribution in [3.8, 4) is 34.1 Å². The monoisotopic (exact) mass is 818 g/mol. The summed E-state index contributed by atoms with van der Waals surface area (Å²) in [6, 6.07) is 24.0. The number of halogens is 7. The Bertz CT molecular complexity index is 2040. The van der Waals surface area contributed by atoms with E-state index in [4.69, 9.17) is 59.2 Å². The topological polar surface area (TPSA) is 19.7 Å². The van der Waals surface area contributed by atoms with Gasteiger partial charge in [-0.1, -0.05) is 34.8 Å². The number of hydrogen-bond donors (Lipinski definition) is 0. The van der Waals surface area contributed by atoms with Gasteiger partial charge in [0.2, 0.25) is 0 Å². The number of nitrogens with zero attached hydrogens (tertiary/aromatic N) is 4. The van der Waals surface area contributed by atoms with E-state index in [2.05, 4.69) is 0 Å². The Morgan fingerprint density at radius 2 is 0.667 bits per heavy atom. The summed E-state index contributed by atoms with van der Waals surface area (Å²) in [6.45, 7) is 0. The minimum absolute atomic E-state index is 0.357. The first-order valence-electron chi connectivity index (χ1n) is 13.4. The molecule has 0 atom stereocenters. The van der Waals surface area contributed by atoms with E-state index >= 15 is 0 Å².